The van der Waals surface area contributed by atoms with Crippen molar-refractivity contribution in [2.75, 3.05) is 27.2 Å². The molecule has 2 unspecified atom stereocenters. The fourth-order valence-electron chi connectivity index (χ4n) is 2.46. The molecule has 1 aromatic rings. The highest BCUT2D eigenvalue weighted by Crippen LogP contribution is 2.36. The minimum absolute atomic E-state index is 0.00484. The molecule has 0 spiro atoms. The van der Waals surface area contributed by atoms with Gasteiger partial charge in [-0.3, -0.25) is 4.79 Å². The Morgan fingerprint density at radius 2 is 2.20 bits per heavy atom. The van der Waals surface area contributed by atoms with Crippen molar-refractivity contribution in [3.8, 4) is 0 Å². The SMILES string of the molecule is CN(C)CC(C)(O)CNC(=O)C1Cc2ccccc2S1. The predicted molar refractivity (Wildman–Crippen MR) is 82.0 cm³/mol. The number of aliphatic hydroxyl groups is 1. The monoisotopic (exact) mass is 294 g/mol. The predicted octanol–water partition coefficient (Wildman–Crippen LogP) is 1.13. The van der Waals surface area contributed by atoms with Crippen molar-refractivity contribution in [1.82, 2.24) is 10.2 Å². The van der Waals surface area contributed by atoms with Gasteiger partial charge >= 0.3 is 0 Å². The molecule has 0 aliphatic carbocycles. The molecule has 2 atom stereocenters. The molecule has 0 bridgehead atoms. The van der Waals surface area contributed by atoms with E-state index in [0.717, 1.165) is 6.42 Å². The van der Waals surface area contributed by atoms with E-state index in [1.54, 1.807) is 18.7 Å². The third-order valence-corrected chi connectivity index (χ3v) is 4.56. The number of fused-ring (bicyclic) bond motifs is 1. The van der Waals surface area contributed by atoms with Crippen molar-refractivity contribution in [1.29, 1.82) is 0 Å². The van der Waals surface area contributed by atoms with Crippen molar-refractivity contribution < 1.29 is 9.90 Å². The number of nitrogens with one attached hydrogen (secondary N) is 1. The van der Waals surface area contributed by atoms with Gasteiger partial charge in [0, 0.05) is 18.0 Å². The number of carbonyl (C=O) groups is 1. The van der Waals surface area contributed by atoms with E-state index in [0.29, 0.717) is 6.54 Å². The van der Waals surface area contributed by atoms with Crippen LogP contribution in [0.5, 0.6) is 0 Å². The summed E-state index contributed by atoms with van der Waals surface area (Å²) < 4.78 is 0. The molecule has 5 heteroatoms. The number of amides is 1. The third kappa shape index (κ3) is 3.98. The minimum atomic E-state index is -0.907. The first-order valence-electron chi connectivity index (χ1n) is 6.77. The third-order valence-electron chi connectivity index (χ3n) is 3.24. The van der Waals surface area contributed by atoms with Crippen LogP contribution in [0.1, 0.15) is 12.5 Å². The van der Waals surface area contributed by atoms with Crippen LogP contribution in [0.2, 0.25) is 0 Å². The van der Waals surface area contributed by atoms with Crippen LogP contribution in [-0.4, -0.2) is 53.9 Å². The molecular weight excluding hydrogens is 272 g/mol. The maximum Gasteiger partial charge on any atom is 0.233 e. The normalized spacial score (nSPS) is 20.6. The van der Waals surface area contributed by atoms with Crippen molar-refractivity contribution in [3.63, 3.8) is 0 Å². The number of hydrogen-bond acceptors (Lipinski definition) is 4. The highest BCUT2D eigenvalue weighted by atomic mass is 32.2. The zero-order valence-corrected chi connectivity index (χ0v) is 13.0. The number of likely N-dealkylation sites (N-methyl/N-ethyl adjacent to an activating group) is 1. The Kier molecular flexibility index (Phi) is 4.73. The summed E-state index contributed by atoms with van der Waals surface area (Å²) >= 11 is 1.60. The maximum absolute atomic E-state index is 12.2. The molecule has 1 aliphatic heterocycles. The summed E-state index contributed by atoms with van der Waals surface area (Å²) in [6.45, 7) is 2.53. The van der Waals surface area contributed by atoms with Gasteiger partial charge in [0.2, 0.25) is 5.91 Å². The molecular formula is C15H22N2O2S. The fourth-order valence-corrected chi connectivity index (χ4v) is 3.68. The standard InChI is InChI=1S/C15H22N2O2S/c1-15(19,10-17(2)3)9-16-14(18)13-8-11-6-4-5-7-12(11)20-13/h4-7,13,19H,8-10H2,1-3H3,(H,16,18). The van der Waals surface area contributed by atoms with E-state index in [2.05, 4.69) is 17.4 Å². The lowest BCUT2D eigenvalue weighted by Crippen LogP contribution is -2.48. The number of benzene rings is 1. The van der Waals surface area contributed by atoms with Crippen LogP contribution >= 0.6 is 11.8 Å². The summed E-state index contributed by atoms with van der Waals surface area (Å²) in [5.74, 6) is 0.00484. The zero-order valence-electron chi connectivity index (χ0n) is 12.2. The Morgan fingerprint density at radius 1 is 1.50 bits per heavy atom. The molecule has 0 saturated carbocycles. The van der Waals surface area contributed by atoms with Gasteiger partial charge in [-0.05, 0) is 39.1 Å². The van der Waals surface area contributed by atoms with E-state index in [1.165, 1.54) is 10.5 Å². The molecule has 2 rings (SSSR count). The molecule has 20 heavy (non-hydrogen) atoms. The van der Waals surface area contributed by atoms with Crippen LogP contribution in [0.4, 0.5) is 0 Å². The molecule has 2 N–H and O–H groups in total. The van der Waals surface area contributed by atoms with Crippen LogP contribution in [0.25, 0.3) is 0 Å². The summed E-state index contributed by atoms with van der Waals surface area (Å²) in [6.07, 6.45) is 0.766. The van der Waals surface area contributed by atoms with Gasteiger partial charge in [0.05, 0.1) is 10.9 Å². The Hall–Kier alpha value is -1.04. The lowest BCUT2D eigenvalue weighted by molar-refractivity contribution is -0.121. The lowest BCUT2D eigenvalue weighted by Gasteiger charge is -2.27. The summed E-state index contributed by atoms with van der Waals surface area (Å²) in [6, 6.07) is 8.11. The molecule has 1 amide bonds. The van der Waals surface area contributed by atoms with Gasteiger partial charge in [0.15, 0.2) is 0 Å². The van der Waals surface area contributed by atoms with Gasteiger partial charge in [-0.25, -0.2) is 0 Å². The fraction of sp³-hybridized carbons (Fsp3) is 0.533. The van der Waals surface area contributed by atoms with Gasteiger partial charge in [-0.1, -0.05) is 18.2 Å². The Morgan fingerprint density at radius 3 is 2.85 bits per heavy atom. The van der Waals surface area contributed by atoms with Crippen molar-refractivity contribution in [2.24, 2.45) is 0 Å². The largest absolute Gasteiger partial charge is 0.387 e. The second kappa shape index (κ2) is 6.16. The molecule has 1 aromatic carbocycles. The topological polar surface area (TPSA) is 52.6 Å². The van der Waals surface area contributed by atoms with E-state index in [-0.39, 0.29) is 17.7 Å². The first kappa shape index (κ1) is 15.4. The summed E-state index contributed by atoms with van der Waals surface area (Å²) in [4.78, 5) is 15.3. The quantitative estimate of drug-likeness (QED) is 0.855. The van der Waals surface area contributed by atoms with E-state index in [4.69, 9.17) is 0 Å². The zero-order chi connectivity index (χ0) is 14.8. The lowest BCUT2D eigenvalue weighted by atomic mass is 10.1. The number of carbonyl (C=O) groups excluding carboxylic acids is 1. The molecule has 4 nitrogen and oxygen atoms in total. The minimum Gasteiger partial charge on any atom is -0.387 e. The highest BCUT2D eigenvalue weighted by Gasteiger charge is 2.29. The summed E-state index contributed by atoms with van der Waals surface area (Å²) in [7, 11) is 3.81. The van der Waals surface area contributed by atoms with Gasteiger partial charge in [0.1, 0.15) is 0 Å². The second-order valence-electron chi connectivity index (χ2n) is 5.87. The molecule has 1 aliphatic rings. The second-order valence-corrected chi connectivity index (χ2v) is 7.12. The first-order valence-corrected chi connectivity index (χ1v) is 7.65. The number of hydrogen-bond donors (Lipinski definition) is 2. The van der Waals surface area contributed by atoms with Gasteiger partial charge in [-0.15, -0.1) is 11.8 Å². The van der Waals surface area contributed by atoms with Crippen molar-refractivity contribution in [3.05, 3.63) is 29.8 Å². The average molecular weight is 294 g/mol. The van der Waals surface area contributed by atoms with E-state index < -0.39 is 5.60 Å². The van der Waals surface area contributed by atoms with E-state index >= 15 is 0 Å². The Bertz CT molecular complexity index is 464. The number of rotatable bonds is 5. The number of thioether (sulfide) groups is 1. The van der Waals surface area contributed by atoms with Crippen molar-refractivity contribution >= 4 is 17.7 Å². The molecule has 0 radical (unpaired) electrons. The van der Waals surface area contributed by atoms with Gasteiger partial charge in [0.25, 0.3) is 0 Å². The van der Waals surface area contributed by atoms with E-state index in [9.17, 15) is 9.90 Å². The van der Waals surface area contributed by atoms with E-state index in [1.807, 2.05) is 31.1 Å². The number of nitrogens with zero attached hydrogens (tertiary/aromatic N) is 1. The molecule has 0 aromatic heterocycles. The van der Waals surface area contributed by atoms with Gasteiger partial charge < -0.3 is 15.3 Å². The molecule has 0 fully saturated rings. The van der Waals surface area contributed by atoms with Gasteiger partial charge in [-0.2, -0.15) is 0 Å². The summed E-state index contributed by atoms with van der Waals surface area (Å²) in [5, 5.41) is 13.0. The van der Waals surface area contributed by atoms with Crippen LogP contribution in [0.15, 0.2) is 29.2 Å². The summed E-state index contributed by atoms with van der Waals surface area (Å²) in [5.41, 5.74) is 0.327. The Balaban J connectivity index is 1.85. The van der Waals surface area contributed by atoms with Crippen molar-refractivity contribution in [2.45, 2.75) is 29.1 Å². The molecule has 110 valence electrons. The highest BCUT2D eigenvalue weighted by molar-refractivity contribution is 8.01. The van der Waals surface area contributed by atoms with Crippen LogP contribution in [0.3, 0.4) is 0 Å². The molecule has 0 saturated heterocycles. The van der Waals surface area contributed by atoms with Crippen LogP contribution in [0, 0.1) is 0 Å². The molecule has 1 heterocycles. The Labute approximate surface area is 124 Å². The smallest absolute Gasteiger partial charge is 0.233 e. The van der Waals surface area contributed by atoms with Crippen LogP contribution in [-0.2, 0) is 11.2 Å². The first-order chi connectivity index (χ1) is 9.37. The maximum atomic E-state index is 12.2. The van der Waals surface area contributed by atoms with Crippen LogP contribution < -0.4 is 5.32 Å². The average Bonchev–Trinajstić information content (AvgIpc) is 2.78.